The first-order valence-corrected chi connectivity index (χ1v) is 6.06. The van der Waals surface area contributed by atoms with Gasteiger partial charge in [0.25, 0.3) is 0 Å². The second-order valence-corrected chi connectivity index (χ2v) is 5.03. The lowest BCUT2D eigenvalue weighted by molar-refractivity contribution is 0.469. The molecule has 0 saturated heterocycles. The van der Waals surface area contributed by atoms with Crippen molar-refractivity contribution < 1.29 is 5.11 Å². The van der Waals surface area contributed by atoms with Crippen LogP contribution in [0.5, 0.6) is 5.75 Å². The van der Waals surface area contributed by atoms with Gasteiger partial charge < -0.3 is 10.4 Å². The minimum absolute atomic E-state index is 0.342. The standard InChI is InChI=1S/C14H23NO/c1-11(2)9-15-10-12(3)8-13-4-6-14(16)7-5-13/h4-7,11-12,15-16H,8-10H2,1-3H3. The van der Waals surface area contributed by atoms with E-state index < -0.39 is 0 Å². The van der Waals surface area contributed by atoms with Crippen molar-refractivity contribution in [3.63, 3.8) is 0 Å². The minimum Gasteiger partial charge on any atom is -0.508 e. The highest BCUT2D eigenvalue weighted by atomic mass is 16.3. The fourth-order valence-corrected chi connectivity index (χ4v) is 1.72. The second kappa shape index (κ2) is 6.54. The molecule has 0 fully saturated rings. The summed E-state index contributed by atoms with van der Waals surface area (Å²) in [6.07, 6.45) is 1.06. The van der Waals surface area contributed by atoms with Crippen LogP contribution >= 0.6 is 0 Å². The van der Waals surface area contributed by atoms with Crippen LogP contribution in [0.4, 0.5) is 0 Å². The number of hydrogen-bond acceptors (Lipinski definition) is 2. The molecule has 0 spiro atoms. The maximum absolute atomic E-state index is 9.18. The predicted molar refractivity (Wildman–Crippen MR) is 68.7 cm³/mol. The average Bonchev–Trinajstić information content (AvgIpc) is 2.21. The molecule has 0 aliphatic heterocycles. The van der Waals surface area contributed by atoms with Crippen molar-refractivity contribution in [3.8, 4) is 5.75 Å². The smallest absolute Gasteiger partial charge is 0.115 e. The zero-order valence-electron chi connectivity index (χ0n) is 10.5. The Morgan fingerprint density at radius 2 is 1.69 bits per heavy atom. The molecule has 2 nitrogen and oxygen atoms in total. The monoisotopic (exact) mass is 221 g/mol. The average molecular weight is 221 g/mol. The number of hydrogen-bond donors (Lipinski definition) is 2. The molecule has 0 saturated carbocycles. The summed E-state index contributed by atoms with van der Waals surface area (Å²) in [6.45, 7) is 8.83. The van der Waals surface area contributed by atoms with Gasteiger partial charge in [-0.3, -0.25) is 0 Å². The van der Waals surface area contributed by atoms with Crippen LogP contribution in [0.2, 0.25) is 0 Å². The van der Waals surface area contributed by atoms with Gasteiger partial charge >= 0.3 is 0 Å². The molecular weight excluding hydrogens is 198 g/mol. The van der Waals surface area contributed by atoms with E-state index in [-0.39, 0.29) is 0 Å². The molecule has 16 heavy (non-hydrogen) atoms. The predicted octanol–water partition coefficient (Wildman–Crippen LogP) is 2.82. The lowest BCUT2D eigenvalue weighted by Gasteiger charge is -2.14. The van der Waals surface area contributed by atoms with Gasteiger partial charge in [0.15, 0.2) is 0 Å². The molecule has 1 rings (SSSR count). The zero-order valence-corrected chi connectivity index (χ0v) is 10.5. The number of nitrogens with one attached hydrogen (secondary N) is 1. The van der Waals surface area contributed by atoms with Crippen LogP contribution in [0.1, 0.15) is 26.3 Å². The van der Waals surface area contributed by atoms with E-state index in [0.29, 0.717) is 17.6 Å². The number of phenolic OH excluding ortho intramolecular Hbond substituents is 1. The van der Waals surface area contributed by atoms with E-state index in [1.165, 1.54) is 5.56 Å². The van der Waals surface area contributed by atoms with E-state index in [9.17, 15) is 5.11 Å². The van der Waals surface area contributed by atoms with Crippen molar-refractivity contribution in [1.29, 1.82) is 0 Å². The molecule has 2 N–H and O–H groups in total. The van der Waals surface area contributed by atoms with E-state index in [0.717, 1.165) is 19.5 Å². The van der Waals surface area contributed by atoms with Crippen LogP contribution in [0.3, 0.4) is 0 Å². The molecule has 0 aromatic heterocycles. The Labute approximate surface area is 98.7 Å². The maximum atomic E-state index is 9.18. The molecule has 0 aliphatic carbocycles. The normalized spacial score (nSPS) is 13.0. The van der Waals surface area contributed by atoms with E-state index >= 15 is 0 Å². The summed E-state index contributed by atoms with van der Waals surface area (Å²) in [5.74, 6) is 1.68. The van der Waals surface area contributed by atoms with Crippen molar-refractivity contribution in [2.45, 2.75) is 27.2 Å². The van der Waals surface area contributed by atoms with Crippen molar-refractivity contribution in [2.24, 2.45) is 11.8 Å². The number of rotatable bonds is 6. The summed E-state index contributed by atoms with van der Waals surface area (Å²) >= 11 is 0. The van der Waals surface area contributed by atoms with E-state index in [2.05, 4.69) is 26.1 Å². The maximum Gasteiger partial charge on any atom is 0.115 e. The molecule has 1 aromatic carbocycles. The highest BCUT2D eigenvalue weighted by Crippen LogP contribution is 2.13. The quantitative estimate of drug-likeness (QED) is 0.774. The van der Waals surface area contributed by atoms with E-state index in [4.69, 9.17) is 0 Å². The van der Waals surface area contributed by atoms with E-state index in [1.54, 1.807) is 12.1 Å². The molecule has 0 aliphatic rings. The SMILES string of the molecule is CC(C)CNCC(C)Cc1ccc(O)cc1. The lowest BCUT2D eigenvalue weighted by Crippen LogP contribution is -2.26. The third-order valence-electron chi connectivity index (χ3n) is 2.57. The van der Waals surface area contributed by atoms with Gasteiger partial charge in [-0.2, -0.15) is 0 Å². The van der Waals surface area contributed by atoms with Crippen molar-refractivity contribution in [2.75, 3.05) is 13.1 Å². The van der Waals surface area contributed by atoms with Crippen LogP contribution < -0.4 is 5.32 Å². The van der Waals surface area contributed by atoms with Crippen LogP contribution in [0.15, 0.2) is 24.3 Å². The molecule has 1 aromatic rings. The van der Waals surface area contributed by atoms with Crippen LogP contribution in [-0.4, -0.2) is 18.2 Å². The van der Waals surface area contributed by atoms with Crippen molar-refractivity contribution in [3.05, 3.63) is 29.8 Å². The van der Waals surface area contributed by atoms with E-state index in [1.807, 2.05) is 12.1 Å². The van der Waals surface area contributed by atoms with Gasteiger partial charge in [-0.05, 0) is 49.0 Å². The minimum atomic E-state index is 0.342. The van der Waals surface area contributed by atoms with Gasteiger partial charge in [-0.1, -0.05) is 32.9 Å². The topological polar surface area (TPSA) is 32.3 Å². The molecule has 1 unspecified atom stereocenters. The number of phenols is 1. The third kappa shape index (κ3) is 5.17. The first-order chi connectivity index (χ1) is 7.58. The lowest BCUT2D eigenvalue weighted by atomic mass is 10.0. The van der Waals surface area contributed by atoms with Crippen LogP contribution in [0, 0.1) is 11.8 Å². The Kier molecular flexibility index (Phi) is 5.33. The largest absolute Gasteiger partial charge is 0.508 e. The number of benzene rings is 1. The molecule has 0 bridgehead atoms. The highest BCUT2D eigenvalue weighted by Gasteiger charge is 2.04. The summed E-state index contributed by atoms with van der Waals surface area (Å²) in [4.78, 5) is 0. The number of aromatic hydroxyl groups is 1. The summed E-state index contributed by atoms with van der Waals surface area (Å²) in [5.41, 5.74) is 1.29. The first kappa shape index (κ1) is 13.0. The zero-order chi connectivity index (χ0) is 12.0. The summed E-state index contributed by atoms with van der Waals surface area (Å²) < 4.78 is 0. The van der Waals surface area contributed by atoms with Gasteiger partial charge in [0.2, 0.25) is 0 Å². The van der Waals surface area contributed by atoms with Crippen LogP contribution in [-0.2, 0) is 6.42 Å². The van der Waals surface area contributed by atoms with Crippen molar-refractivity contribution in [1.82, 2.24) is 5.32 Å². The Morgan fingerprint density at radius 3 is 2.25 bits per heavy atom. The van der Waals surface area contributed by atoms with Gasteiger partial charge in [0.1, 0.15) is 5.75 Å². The third-order valence-corrected chi connectivity index (χ3v) is 2.57. The fraction of sp³-hybridized carbons (Fsp3) is 0.571. The highest BCUT2D eigenvalue weighted by molar-refractivity contribution is 5.26. The molecular formula is C14H23NO. The molecule has 90 valence electrons. The van der Waals surface area contributed by atoms with Gasteiger partial charge in [-0.15, -0.1) is 0 Å². The Balaban J connectivity index is 2.28. The first-order valence-electron chi connectivity index (χ1n) is 6.06. The summed E-state index contributed by atoms with van der Waals surface area (Å²) in [5, 5.41) is 12.6. The van der Waals surface area contributed by atoms with Crippen LogP contribution in [0.25, 0.3) is 0 Å². The fourth-order valence-electron chi connectivity index (χ4n) is 1.72. The second-order valence-electron chi connectivity index (χ2n) is 5.03. The summed E-state index contributed by atoms with van der Waals surface area (Å²) in [7, 11) is 0. The Morgan fingerprint density at radius 1 is 1.06 bits per heavy atom. The molecule has 0 heterocycles. The molecule has 0 radical (unpaired) electrons. The van der Waals surface area contributed by atoms with Crippen molar-refractivity contribution >= 4 is 0 Å². The van der Waals surface area contributed by atoms with Gasteiger partial charge in [-0.25, -0.2) is 0 Å². The van der Waals surface area contributed by atoms with Gasteiger partial charge in [0.05, 0.1) is 0 Å². The molecule has 1 atom stereocenters. The van der Waals surface area contributed by atoms with Gasteiger partial charge in [0, 0.05) is 0 Å². The molecule has 0 amide bonds. The molecule has 2 heteroatoms. The Bertz CT molecular complexity index is 292. The summed E-state index contributed by atoms with van der Waals surface area (Å²) in [6, 6.07) is 7.50. The Hall–Kier alpha value is -1.02.